The summed E-state index contributed by atoms with van der Waals surface area (Å²) < 4.78 is 2.85. The molecule has 0 fully saturated rings. The molecule has 0 radical (unpaired) electrons. The maximum Gasteiger partial charge on any atom is 0.311 e. The second-order valence-electron chi connectivity index (χ2n) is 3.13. The van der Waals surface area contributed by atoms with Crippen molar-refractivity contribution in [3.63, 3.8) is 0 Å². The lowest BCUT2D eigenvalue weighted by Gasteiger charge is -2.19. The standard InChI is InChI=1S/C9H8Cl3NO4/c1-17-7-3-2-5(4-6(7)13(15)16)8(14)9(10,11)12/h2-4,8,14H,1H3. The van der Waals surface area contributed by atoms with Crippen molar-refractivity contribution in [3.05, 3.63) is 33.9 Å². The number of aliphatic hydroxyl groups excluding tert-OH is 1. The summed E-state index contributed by atoms with van der Waals surface area (Å²) in [5.41, 5.74) is -0.184. The SMILES string of the molecule is COc1ccc(C(O)C(Cl)(Cl)Cl)cc1[N+](=O)[O-]. The van der Waals surface area contributed by atoms with Gasteiger partial charge in [0.1, 0.15) is 6.10 Å². The molecule has 1 aromatic rings. The van der Waals surface area contributed by atoms with E-state index in [0.717, 1.165) is 6.07 Å². The summed E-state index contributed by atoms with van der Waals surface area (Å²) in [4.78, 5) is 10.1. The number of ether oxygens (including phenoxy) is 1. The molecule has 0 aliphatic carbocycles. The van der Waals surface area contributed by atoms with Crippen molar-refractivity contribution in [1.82, 2.24) is 0 Å². The fourth-order valence-corrected chi connectivity index (χ4v) is 1.59. The number of nitro groups is 1. The molecule has 94 valence electrons. The second-order valence-corrected chi connectivity index (χ2v) is 5.50. The van der Waals surface area contributed by atoms with Crippen molar-refractivity contribution < 1.29 is 14.8 Å². The van der Waals surface area contributed by atoms with Gasteiger partial charge in [0, 0.05) is 6.07 Å². The van der Waals surface area contributed by atoms with Crippen molar-refractivity contribution in [2.24, 2.45) is 0 Å². The van der Waals surface area contributed by atoms with Crippen molar-refractivity contribution in [2.75, 3.05) is 7.11 Å². The molecule has 0 heterocycles. The number of nitrogens with zero attached hydrogens (tertiary/aromatic N) is 1. The number of hydrogen-bond donors (Lipinski definition) is 1. The van der Waals surface area contributed by atoms with Gasteiger partial charge in [0.2, 0.25) is 3.79 Å². The smallest absolute Gasteiger partial charge is 0.311 e. The molecule has 0 aromatic heterocycles. The number of rotatable bonds is 3. The van der Waals surface area contributed by atoms with Crippen LogP contribution in [0.5, 0.6) is 5.75 Å². The van der Waals surface area contributed by atoms with Crippen LogP contribution in [0.3, 0.4) is 0 Å². The molecule has 1 aromatic carbocycles. The Labute approximate surface area is 112 Å². The Bertz CT molecular complexity index is 433. The van der Waals surface area contributed by atoms with Crippen molar-refractivity contribution in [1.29, 1.82) is 0 Å². The molecular weight excluding hydrogens is 292 g/mol. The zero-order chi connectivity index (χ0) is 13.2. The Kier molecular flexibility index (Phi) is 4.43. The monoisotopic (exact) mass is 299 g/mol. The number of benzene rings is 1. The first-order valence-corrected chi connectivity index (χ1v) is 5.48. The van der Waals surface area contributed by atoms with Crippen molar-refractivity contribution >= 4 is 40.5 Å². The van der Waals surface area contributed by atoms with Gasteiger partial charge in [-0.05, 0) is 11.6 Å². The molecule has 0 saturated heterocycles. The molecule has 5 nitrogen and oxygen atoms in total. The Balaban J connectivity index is 3.21. The fourth-order valence-electron chi connectivity index (χ4n) is 1.21. The summed E-state index contributed by atoms with van der Waals surface area (Å²) in [5.74, 6) is 0.0651. The first-order chi connectivity index (χ1) is 7.77. The van der Waals surface area contributed by atoms with Gasteiger partial charge < -0.3 is 9.84 Å². The summed E-state index contributed by atoms with van der Waals surface area (Å²) in [6.07, 6.45) is -1.46. The molecule has 0 amide bonds. The van der Waals surface area contributed by atoms with Gasteiger partial charge in [-0.2, -0.15) is 0 Å². The second kappa shape index (κ2) is 5.27. The van der Waals surface area contributed by atoms with E-state index in [4.69, 9.17) is 39.5 Å². The molecule has 8 heteroatoms. The summed E-state index contributed by atoms with van der Waals surface area (Å²) in [6, 6.07) is 3.82. The highest BCUT2D eigenvalue weighted by molar-refractivity contribution is 6.68. The highest BCUT2D eigenvalue weighted by Crippen LogP contribution is 2.41. The number of methoxy groups -OCH3 is 1. The molecule has 1 atom stereocenters. The van der Waals surface area contributed by atoms with Crippen molar-refractivity contribution in [2.45, 2.75) is 9.90 Å². The van der Waals surface area contributed by atoms with Crippen LogP contribution in [0, 0.1) is 10.1 Å². The van der Waals surface area contributed by atoms with E-state index in [2.05, 4.69) is 0 Å². The molecule has 0 bridgehead atoms. The highest BCUT2D eigenvalue weighted by Gasteiger charge is 2.33. The van der Waals surface area contributed by atoms with Crippen LogP contribution in [0.1, 0.15) is 11.7 Å². The minimum Gasteiger partial charge on any atom is -0.490 e. The summed E-state index contributed by atoms with van der Waals surface area (Å²) in [7, 11) is 1.30. The zero-order valence-corrected chi connectivity index (χ0v) is 10.8. The third-order valence-corrected chi connectivity index (χ3v) is 2.65. The molecule has 0 aliphatic rings. The Morgan fingerprint density at radius 1 is 1.47 bits per heavy atom. The van der Waals surface area contributed by atoms with Crippen LogP contribution < -0.4 is 4.74 Å². The topological polar surface area (TPSA) is 72.6 Å². The van der Waals surface area contributed by atoms with Crippen molar-refractivity contribution in [3.8, 4) is 5.75 Å². The van der Waals surface area contributed by atoms with Gasteiger partial charge >= 0.3 is 5.69 Å². The van der Waals surface area contributed by atoms with Gasteiger partial charge in [-0.15, -0.1) is 0 Å². The van der Waals surface area contributed by atoms with Crippen LogP contribution >= 0.6 is 34.8 Å². The van der Waals surface area contributed by atoms with E-state index < -0.39 is 14.8 Å². The van der Waals surface area contributed by atoms with Gasteiger partial charge in [-0.1, -0.05) is 40.9 Å². The number of hydrogen-bond acceptors (Lipinski definition) is 4. The third-order valence-electron chi connectivity index (χ3n) is 2.03. The van der Waals surface area contributed by atoms with E-state index in [0.29, 0.717) is 0 Å². The molecule has 0 spiro atoms. The van der Waals surface area contributed by atoms with Gasteiger partial charge in [0.25, 0.3) is 0 Å². The van der Waals surface area contributed by atoms with Crippen LogP contribution in [-0.2, 0) is 0 Å². The normalized spacial score (nSPS) is 13.2. The van der Waals surface area contributed by atoms with E-state index in [9.17, 15) is 15.2 Å². The van der Waals surface area contributed by atoms with E-state index >= 15 is 0 Å². The molecule has 1 N–H and O–H groups in total. The first-order valence-electron chi connectivity index (χ1n) is 4.34. The van der Waals surface area contributed by atoms with Crippen LogP contribution in [-0.4, -0.2) is 20.9 Å². The molecule has 1 unspecified atom stereocenters. The van der Waals surface area contributed by atoms with Gasteiger partial charge in [0.05, 0.1) is 12.0 Å². The Morgan fingerprint density at radius 3 is 2.47 bits per heavy atom. The quantitative estimate of drug-likeness (QED) is 0.529. The largest absolute Gasteiger partial charge is 0.490 e. The summed E-state index contributed by atoms with van der Waals surface area (Å²) in [6.45, 7) is 0. The maximum absolute atomic E-state index is 10.8. The van der Waals surface area contributed by atoms with Crippen LogP contribution in [0.2, 0.25) is 0 Å². The minimum absolute atomic E-state index is 0.0651. The van der Waals surface area contributed by atoms with E-state index in [1.54, 1.807) is 0 Å². The lowest BCUT2D eigenvalue weighted by atomic mass is 10.1. The fraction of sp³-hybridized carbons (Fsp3) is 0.333. The number of alkyl halides is 3. The molecule has 1 rings (SSSR count). The number of nitro benzene ring substituents is 1. The highest BCUT2D eigenvalue weighted by atomic mass is 35.6. The maximum atomic E-state index is 10.8. The third kappa shape index (κ3) is 3.35. The van der Waals surface area contributed by atoms with E-state index in [1.807, 2.05) is 0 Å². The molecule has 0 saturated carbocycles. The van der Waals surface area contributed by atoms with E-state index in [-0.39, 0.29) is 17.0 Å². The number of halogens is 3. The van der Waals surface area contributed by atoms with Gasteiger partial charge in [0.15, 0.2) is 5.75 Å². The van der Waals surface area contributed by atoms with Gasteiger partial charge in [-0.25, -0.2) is 0 Å². The predicted molar refractivity (Wildman–Crippen MR) is 64.9 cm³/mol. The first kappa shape index (κ1) is 14.3. The zero-order valence-electron chi connectivity index (χ0n) is 8.56. The summed E-state index contributed by atoms with van der Waals surface area (Å²) in [5, 5.41) is 20.4. The molecular formula is C9H8Cl3NO4. The van der Waals surface area contributed by atoms with Crippen LogP contribution in [0.25, 0.3) is 0 Å². The molecule has 0 aliphatic heterocycles. The van der Waals surface area contributed by atoms with Crippen LogP contribution in [0.15, 0.2) is 18.2 Å². The van der Waals surface area contributed by atoms with Gasteiger partial charge in [-0.3, -0.25) is 10.1 Å². The average Bonchev–Trinajstić information content (AvgIpc) is 2.25. The van der Waals surface area contributed by atoms with Crippen LogP contribution in [0.4, 0.5) is 5.69 Å². The minimum atomic E-state index is -1.96. The lowest BCUT2D eigenvalue weighted by Crippen LogP contribution is -2.16. The number of aliphatic hydroxyl groups is 1. The van der Waals surface area contributed by atoms with E-state index in [1.165, 1.54) is 19.2 Å². The Morgan fingerprint density at radius 2 is 2.06 bits per heavy atom. The Hall–Kier alpha value is -0.750. The molecule has 17 heavy (non-hydrogen) atoms. The summed E-state index contributed by atoms with van der Waals surface area (Å²) >= 11 is 16.5. The lowest BCUT2D eigenvalue weighted by molar-refractivity contribution is -0.385. The predicted octanol–water partition coefficient (Wildman–Crippen LogP) is 3.01. The average molecular weight is 301 g/mol.